The summed E-state index contributed by atoms with van der Waals surface area (Å²) in [7, 11) is 0. The van der Waals surface area contributed by atoms with Crippen molar-refractivity contribution in [1.29, 1.82) is 0 Å². The molecule has 0 bridgehead atoms. The maximum Gasteiger partial charge on any atom is 0.416 e. The molecule has 30 heavy (non-hydrogen) atoms. The lowest BCUT2D eigenvalue weighted by Gasteiger charge is -2.14. The SMILES string of the molecule is CCOc1ccc(C(F)(F)F)cc1NC(=O)CCc1nc(-c2ccc(Cl)cc2)no1. The minimum absolute atomic E-state index is 0.0518. The molecule has 0 radical (unpaired) electrons. The first-order valence-corrected chi connectivity index (χ1v) is 9.36. The number of halogens is 4. The number of hydrogen-bond acceptors (Lipinski definition) is 5. The van der Waals surface area contributed by atoms with Gasteiger partial charge in [0.1, 0.15) is 5.75 Å². The van der Waals surface area contributed by atoms with Gasteiger partial charge in [-0.25, -0.2) is 0 Å². The number of carbonyl (C=O) groups excluding carboxylic acids is 1. The number of anilines is 1. The number of amides is 1. The Balaban J connectivity index is 1.65. The number of nitrogens with one attached hydrogen (secondary N) is 1. The summed E-state index contributed by atoms with van der Waals surface area (Å²) in [6.07, 6.45) is -4.48. The second-order valence-electron chi connectivity index (χ2n) is 6.21. The number of benzene rings is 2. The van der Waals surface area contributed by atoms with E-state index in [-0.39, 0.29) is 36.8 Å². The third kappa shape index (κ3) is 5.50. The van der Waals surface area contributed by atoms with Crippen LogP contribution in [0, 0.1) is 0 Å². The molecular formula is C20H17ClF3N3O3. The second kappa shape index (κ2) is 9.17. The third-order valence-corrected chi connectivity index (χ3v) is 4.27. The molecule has 3 aromatic rings. The number of ether oxygens (including phenoxy) is 1. The Labute approximate surface area is 175 Å². The average molecular weight is 440 g/mol. The van der Waals surface area contributed by atoms with Crippen molar-refractivity contribution in [3.63, 3.8) is 0 Å². The molecule has 0 saturated carbocycles. The summed E-state index contributed by atoms with van der Waals surface area (Å²) in [5.41, 5.74) is -0.237. The van der Waals surface area contributed by atoms with E-state index in [1.54, 1.807) is 31.2 Å². The molecule has 158 valence electrons. The average Bonchev–Trinajstić information content (AvgIpc) is 3.17. The topological polar surface area (TPSA) is 77.2 Å². The van der Waals surface area contributed by atoms with Gasteiger partial charge in [-0.05, 0) is 49.4 Å². The van der Waals surface area contributed by atoms with E-state index >= 15 is 0 Å². The van der Waals surface area contributed by atoms with E-state index in [4.69, 9.17) is 20.9 Å². The number of hydrogen-bond donors (Lipinski definition) is 1. The van der Waals surface area contributed by atoms with Crippen molar-refractivity contribution in [2.75, 3.05) is 11.9 Å². The molecule has 0 unspecified atom stereocenters. The van der Waals surface area contributed by atoms with Gasteiger partial charge in [-0.3, -0.25) is 4.79 Å². The molecular weight excluding hydrogens is 423 g/mol. The van der Waals surface area contributed by atoms with Gasteiger partial charge in [0.05, 0.1) is 17.9 Å². The fourth-order valence-electron chi connectivity index (χ4n) is 2.59. The Bertz CT molecular complexity index is 1020. The van der Waals surface area contributed by atoms with Crippen LogP contribution in [-0.2, 0) is 17.4 Å². The first-order chi connectivity index (χ1) is 14.3. The molecule has 0 saturated heterocycles. The van der Waals surface area contributed by atoms with Crippen LogP contribution in [0.1, 0.15) is 24.8 Å². The monoisotopic (exact) mass is 439 g/mol. The Morgan fingerprint density at radius 2 is 1.93 bits per heavy atom. The Hall–Kier alpha value is -3.07. The molecule has 6 nitrogen and oxygen atoms in total. The van der Waals surface area contributed by atoms with Crippen LogP contribution < -0.4 is 10.1 Å². The zero-order valence-electron chi connectivity index (χ0n) is 15.8. The van der Waals surface area contributed by atoms with Crippen LogP contribution in [0.3, 0.4) is 0 Å². The summed E-state index contributed by atoms with van der Waals surface area (Å²) >= 11 is 5.84. The molecule has 0 fully saturated rings. The first-order valence-electron chi connectivity index (χ1n) is 8.98. The minimum atomic E-state index is -4.54. The standard InChI is InChI=1S/C20H17ClF3N3O3/c1-2-29-16-8-5-13(20(22,23)24)11-15(16)25-17(28)9-10-18-26-19(27-30-18)12-3-6-14(21)7-4-12/h3-8,11H,2,9-10H2,1H3,(H,25,28). The third-order valence-electron chi connectivity index (χ3n) is 4.02. The molecule has 0 spiro atoms. The van der Waals surface area contributed by atoms with Gasteiger partial charge >= 0.3 is 6.18 Å². The number of nitrogens with zero attached hydrogens (tertiary/aromatic N) is 2. The molecule has 3 rings (SSSR count). The highest BCUT2D eigenvalue weighted by atomic mass is 35.5. The van der Waals surface area contributed by atoms with Gasteiger partial charge in [-0.2, -0.15) is 18.2 Å². The molecule has 1 N–H and O–H groups in total. The van der Waals surface area contributed by atoms with E-state index in [1.165, 1.54) is 6.07 Å². The van der Waals surface area contributed by atoms with E-state index in [9.17, 15) is 18.0 Å². The molecule has 0 aliphatic heterocycles. The highest BCUT2D eigenvalue weighted by Crippen LogP contribution is 2.35. The summed E-state index contributed by atoms with van der Waals surface area (Å²) in [6.45, 7) is 1.93. The lowest BCUT2D eigenvalue weighted by atomic mass is 10.1. The number of aryl methyl sites for hydroxylation is 1. The fourth-order valence-corrected chi connectivity index (χ4v) is 2.72. The maximum atomic E-state index is 13.0. The largest absolute Gasteiger partial charge is 0.492 e. The lowest BCUT2D eigenvalue weighted by molar-refractivity contribution is -0.137. The fraction of sp³-hybridized carbons (Fsp3) is 0.250. The van der Waals surface area contributed by atoms with Crippen molar-refractivity contribution >= 4 is 23.2 Å². The second-order valence-corrected chi connectivity index (χ2v) is 6.64. The van der Waals surface area contributed by atoms with Gasteiger partial charge < -0.3 is 14.6 Å². The predicted octanol–water partition coefficient (Wildman–Crippen LogP) is 5.38. The molecule has 10 heteroatoms. The van der Waals surface area contributed by atoms with Gasteiger partial charge in [0.25, 0.3) is 0 Å². The van der Waals surface area contributed by atoms with Crippen LogP contribution in [0.15, 0.2) is 47.0 Å². The summed E-state index contributed by atoms with van der Waals surface area (Å²) in [6, 6.07) is 9.75. The number of carbonyl (C=O) groups is 1. The van der Waals surface area contributed by atoms with Gasteiger partial charge in [0, 0.05) is 23.4 Å². The van der Waals surface area contributed by atoms with Crippen LogP contribution in [0.25, 0.3) is 11.4 Å². The van der Waals surface area contributed by atoms with Crippen molar-refractivity contribution < 1.29 is 27.2 Å². The van der Waals surface area contributed by atoms with Crippen molar-refractivity contribution in [3.8, 4) is 17.1 Å². The van der Waals surface area contributed by atoms with Crippen LogP contribution in [0.5, 0.6) is 5.75 Å². The highest BCUT2D eigenvalue weighted by molar-refractivity contribution is 6.30. The Morgan fingerprint density at radius 1 is 1.20 bits per heavy atom. The summed E-state index contributed by atoms with van der Waals surface area (Å²) in [5.74, 6) is 0.214. The van der Waals surface area contributed by atoms with Crippen molar-refractivity contribution in [1.82, 2.24) is 10.1 Å². The van der Waals surface area contributed by atoms with Crippen molar-refractivity contribution in [2.45, 2.75) is 25.9 Å². The van der Waals surface area contributed by atoms with E-state index in [0.717, 1.165) is 12.1 Å². The van der Waals surface area contributed by atoms with Gasteiger partial charge in [0.15, 0.2) is 0 Å². The Morgan fingerprint density at radius 3 is 2.60 bits per heavy atom. The first kappa shape index (κ1) is 21.6. The van der Waals surface area contributed by atoms with E-state index in [0.29, 0.717) is 16.4 Å². The van der Waals surface area contributed by atoms with Gasteiger partial charge in [0.2, 0.25) is 17.6 Å². The number of alkyl halides is 3. The summed E-state index contributed by atoms with van der Waals surface area (Å²) in [4.78, 5) is 16.5. The van der Waals surface area contributed by atoms with Crippen LogP contribution in [0.4, 0.5) is 18.9 Å². The van der Waals surface area contributed by atoms with Gasteiger partial charge in [-0.1, -0.05) is 16.8 Å². The van der Waals surface area contributed by atoms with Crippen LogP contribution >= 0.6 is 11.6 Å². The van der Waals surface area contributed by atoms with E-state index in [2.05, 4.69) is 15.5 Å². The molecule has 0 aliphatic rings. The van der Waals surface area contributed by atoms with Crippen LogP contribution in [0.2, 0.25) is 5.02 Å². The maximum absolute atomic E-state index is 13.0. The number of rotatable bonds is 7. The molecule has 0 aliphatic carbocycles. The molecule has 1 heterocycles. The smallest absolute Gasteiger partial charge is 0.416 e. The molecule has 0 atom stereocenters. The molecule has 2 aromatic carbocycles. The van der Waals surface area contributed by atoms with Gasteiger partial charge in [-0.15, -0.1) is 0 Å². The highest BCUT2D eigenvalue weighted by Gasteiger charge is 2.31. The van der Waals surface area contributed by atoms with Crippen molar-refractivity contribution in [2.24, 2.45) is 0 Å². The van der Waals surface area contributed by atoms with E-state index in [1.807, 2.05) is 0 Å². The normalized spacial score (nSPS) is 11.4. The Kier molecular flexibility index (Phi) is 6.61. The van der Waals surface area contributed by atoms with Crippen LogP contribution in [-0.4, -0.2) is 22.7 Å². The zero-order valence-corrected chi connectivity index (χ0v) is 16.5. The molecule has 1 aromatic heterocycles. The predicted molar refractivity (Wildman–Crippen MR) is 104 cm³/mol. The van der Waals surface area contributed by atoms with E-state index < -0.39 is 17.6 Å². The molecule has 1 amide bonds. The lowest BCUT2D eigenvalue weighted by Crippen LogP contribution is -2.15. The number of aromatic nitrogens is 2. The minimum Gasteiger partial charge on any atom is -0.492 e. The quantitative estimate of drug-likeness (QED) is 0.535. The van der Waals surface area contributed by atoms with Crippen molar-refractivity contribution in [3.05, 3.63) is 58.9 Å². The zero-order chi connectivity index (χ0) is 21.7. The summed E-state index contributed by atoms with van der Waals surface area (Å²) in [5, 5.41) is 6.87. The summed E-state index contributed by atoms with van der Waals surface area (Å²) < 4.78 is 49.3.